The topological polar surface area (TPSA) is 33.1 Å². The highest BCUT2D eigenvalue weighted by Gasteiger charge is 2.10. The van der Waals surface area contributed by atoms with Crippen molar-refractivity contribution in [2.45, 2.75) is 18.9 Å². The maximum Gasteiger partial charge on any atom is 0.126 e. The first-order chi connectivity index (χ1) is 8.65. The molecule has 1 aromatic carbocycles. The Hall–Kier alpha value is -1.26. The van der Waals surface area contributed by atoms with E-state index in [1.54, 1.807) is 24.4 Å². The molecule has 4 heteroatoms. The van der Waals surface area contributed by atoms with Gasteiger partial charge >= 0.3 is 0 Å². The predicted molar refractivity (Wildman–Crippen MR) is 71.8 cm³/mol. The molecule has 18 heavy (non-hydrogen) atoms. The fourth-order valence-electron chi connectivity index (χ4n) is 1.76. The van der Waals surface area contributed by atoms with E-state index in [0.29, 0.717) is 18.4 Å². The van der Waals surface area contributed by atoms with Gasteiger partial charge in [-0.25, -0.2) is 4.39 Å². The van der Waals surface area contributed by atoms with Crippen LogP contribution in [0.15, 0.2) is 47.1 Å². The number of pyridine rings is 1. The Balaban J connectivity index is 1.99. The molecule has 1 heterocycles. The molecule has 0 spiro atoms. The van der Waals surface area contributed by atoms with Gasteiger partial charge in [0.2, 0.25) is 0 Å². The number of hydrogen-bond acceptors (Lipinski definition) is 2. The maximum atomic E-state index is 13.4. The van der Waals surface area contributed by atoms with Crippen molar-refractivity contribution in [1.29, 1.82) is 0 Å². The number of hydrogen-bond donors (Lipinski definition) is 1. The molecule has 0 fully saturated rings. The molecule has 94 valence electrons. The minimum atomic E-state index is -0.629. The second kappa shape index (κ2) is 6.07. The minimum Gasteiger partial charge on any atom is -0.392 e. The standard InChI is InChI=1S/C14H13BrFNO/c15-11-5-6-12(17-9-11)8-13(18)7-10-3-1-2-4-14(10)16/h1-6,9,13,18H,7-8H2. The summed E-state index contributed by atoms with van der Waals surface area (Å²) in [6, 6.07) is 10.2. The number of nitrogens with zero attached hydrogens (tertiary/aromatic N) is 1. The second-order valence-corrected chi connectivity index (χ2v) is 5.04. The largest absolute Gasteiger partial charge is 0.392 e. The lowest BCUT2D eigenvalue weighted by atomic mass is 10.0. The van der Waals surface area contributed by atoms with Crippen LogP contribution in [0.2, 0.25) is 0 Å². The van der Waals surface area contributed by atoms with Gasteiger partial charge in [0.05, 0.1) is 6.10 Å². The molecule has 0 aliphatic rings. The van der Waals surface area contributed by atoms with Crippen molar-refractivity contribution in [2.75, 3.05) is 0 Å². The van der Waals surface area contributed by atoms with Crippen LogP contribution in [0.25, 0.3) is 0 Å². The average molecular weight is 310 g/mol. The van der Waals surface area contributed by atoms with Crippen molar-refractivity contribution in [3.8, 4) is 0 Å². The molecule has 0 saturated carbocycles. The molecule has 0 aliphatic carbocycles. The molecular formula is C14H13BrFNO. The van der Waals surface area contributed by atoms with Gasteiger partial charge in [0.1, 0.15) is 5.82 Å². The van der Waals surface area contributed by atoms with E-state index in [2.05, 4.69) is 20.9 Å². The first kappa shape index (κ1) is 13.2. The third kappa shape index (κ3) is 3.62. The van der Waals surface area contributed by atoms with E-state index < -0.39 is 6.10 Å². The summed E-state index contributed by atoms with van der Waals surface area (Å²) in [5.74, 6) is -0.277. The van der Waals surface area contributed by atoms with Gasteiger partial charge in [0.15, 0.2) is 0 Å². The highest BCUT2D eigenvalue weighted by molar-refractivity contribution is 9.10. The Morgan fingerprint density at radius 1 is 1.17 bits per heavy atom. The smallest absolute Gasteiger partial charge is 0.126 e. The third-order valence-corrected chi connectivity index (χ3v) is 3.12. The third-order valence-electron chi connectivity index (χ3n) is 2.65. The Labute approximate surface area is 114 Å². The van der Waals surface area contributed by atoms with Crippen LogP contribution in [0.4, 0.5) is 4.39 Å². The van der Waals surface area contributed by atoms with Gasteiger partial charge in [-0.1, -0.05) is 18.2 Å². The summed E-state index contributed by atoms with van der Waals surface area (Å²) in [7, 11) is 0. The molecule has 0 amide bonds. The van der Waals surface area contributed by atoms with Crippen LogP contribution in [0, 0.1) is 5.82 Å². The molecule has 2 nitrogen and oxygen atoms in total. The van der Waals surface area contributed by atoms with E-state index in [4.69, 9.17) is 0 Å². The van der Waals surface area contributed by atoms with E-state index in [-0.39, 0.29) is 5.82 Å². The molecule has 2 aromatic rings. The zero-order valence-electron chi connectivity index (χ0n) is 9.68. The van der Waals surface area contributed by atoms with E-state index in [1.165, 1.54) is 6.07 Å². The lowest BCUT2D eigenvalue weighted by Crippen LogP contribution is -2.15. The molecule has 2 rings (SSSR count). The fraction of sp³-hybridized carbons (Fsp3) is 0.214. The molecule has 0 bridgehead atoms. The van der Waals surface area contributed by atoms with Crippen molar-refractivity contribution in [3.63, 3.8) is 0 Å². The molecule has 0 radical (unpaired) electrons. The Bertz CT molecular complexity index is 515. The zero-order valence-corrected chi connectivity index (χ0v) is 11.3. The highest BCUT2D eigenvalue weighted by Crippen LogP contribution is 2.13. The Kier molecular flexibility index (Phi) is 4.44. The summed E-state index contributed by atoms with van der Waals surface area (Å²) in [6.45, 7) is 0. The SMILES string of the molecule is OC(Cc1ccc(Br)cn1)Cc1ccccc1F. The molecule has 1 aromatic heterocycles. The van der Waals surface area contributed by atoms with Crippen LogP contribution >= 0.6 is 15.9 Å². The van der Waals surface area contributed by atoms with Crippen LogP contribution in [0.3, 0.4) is 0 Å². The summed E-state index contributed by atoms with van der Waals surface area (Å²) >= 11 is 3.30. The summed E-state index contributed by atoms with van der Waals surface area (Å²) < 4.78 is 14.3. The first-order valence-corrected chi connectivity index (χ1v) is 6.46. The fourth-order valence-corrected chi connectivity index (χ4v) is 1.99. The number of rotatable bonds is 4. The van der Waals surface area contributed by atoms with Gasteiger partial charge in [-0.15, -0.1) is 0 Å². The quantitative estimate of drug-likeness (QED) is 0.941. The van der Waals surface area contributed by atoms with Crippen LogP contribution in [0.1, 0.15) is 11.3 Å². The second-order valence-electron chi connectivity index (χ2n) is 4.12. The Morgan fingerprint density at radius 3 is 2.61 bits per heavy atom. The molecular weight excluding hydrogens is 297 g/mol. The summed E-state index contributed by atoms with van der Waals surface area (Å²) in [5, 5.41) is 9.93. The summed E-state index contributed by atoms with van der Waals surface area (Å²) in [6.07, 6.45) is 1.77. The van der Waals surface area contributed by atoms with Crippen molar-refractivity contribution in [2.24, 2.45) is 0 Å². The minimum absolute atomic E-state index is 0.277. The lowest BCUT2D eigenvalue weighted by molar-refractivity contribution is 0.173. The van der Waals surface area contributed by atoms with E-state index in [1.807, 2.05) is 12.1 Å². The molecule has 1 atom stereocenters. The van der Waals surface area contributed by atoms with Crippen molar-refractivity contribution >= 4 is 15.9 Å². The maximum absolute atomic E-state index is 13.4. The first-order valence-electron chi connectivity index (χ1n) is 5.67. The van der Waals surface area contributed by atoms with Gasteiger partial charge in [-0.3, -0.25) is 4.98 Å². The lowest BCUT2D eigenvalue weighted by Gasteiger charge is -2.10. The van der Waals surface area contributed by atoms with Crippen LogP contribution in [-0.2, 0) is 12.8 Å². The summed E-state index contributed by atoms with van der Waals surface area (Å²) in [4.78, 5) is 4.18. The number of aromatic nitrogens is 1. The zero-order chi connectivity index (χ0) is 13.0. The predicted octanol–water partition coefficient (Wildman–Crippen LogP) is 3.13. The molecule has 1 N–H and O–H groups in total. The van der Waals surface area contributed by atoms with E-state index >= 15 is 0 Å². The van der Waals surface area contributed by atoms with Gasteiger partial charge in [0, 0.05) is 29.2 Å². The summed E-state index contributed by atoms with van der Waals surface area (Å²) in [5.41, 5.74) is 1.32. The number of aliphatic hydroxyl groups is 1. The van der Waals surface area contributed by atoms with Gasteiger partial charge in [-0.2, -0.15) is 0 Å². The van der Waals surface area contributed by atoms with Gasteiger partial charge < -0.3 is 5.11 Å². The molecule has 0 saturated heterocycles. The normalized spacial score (nSPS) is 12.4. The Morgan fingerprint density at radius 2 is 1.94 bits per heavy atom. The van der Waals surface area contributed by atoms with E-state index in [0.717, 1.165) is 10.2 Å². The van der Waals surface area contributed by atoms with Gasteiger partial charge in [0.25, 0.3) is 0 Å². The average Bonchev–Trinajstić information content (AvgIpc) is 2.35. The van der Waals surface area contributed by atoms with Crippen molar-refractivity contribution in [3.05, 3.63) is 64.1 Å². The van der Waals surface area contributed by atoms with Crippen LogP contribution in [0.5, 0.6) is 0 Å². The van der Waals surface area contributed by atoms with Crippen molar-refractivity contribution in [1.82, 2.24) is 4.98 Å². The highest BCUT2D eigenvalue weighted by atomic mass is 79.9. The van der Waals surface area contributed by atoms with Gasteiger partial charge in [-0.05, 0) is 39.7 Å². The van der Waals surface area contributed by atoms with Crippen LogP contribution < -0.4 is 0 Å². The molecule has 0 aliphatic heterocycles. The number of halogens is 2. The molecule has 1 unspecified atom stereocenters. The number of aliphatic hydroxyl groups excluding tert-OH is 1. The van der Waals surface area contributed by atoms with E-state index in [9.17, 15) is 9.50 Å². The number of benzene rings is 1. The van der Waals surface area contributed by atoms with Crippen molar-refractivity contribution < 1.29 is 9.50 Å². The van der Waals surface area contributed by atoms with Crippen LogP contribution in [-0.4, -0.2) is 16.2 Å². The monoisotopic (exact) mass is 309 g/mol.